The molecule has 0 fully saturated rings. The van der Waals surface area contributed by atoms with Crippen LogP contribution in [0, 0.1) is 5.41 Å². The van der Waals surface area contributed by atoms with Crippen molar-refractivity contribution in [2.24, 2.45) is 5.41 Å². The number of aliphatic hydroxyl groups excluding tert-OH is 1. The first-order valence-electron chi connectivity index (χ1n) is 6.66. The summed E-state index contributed by atoms with van der Waals surface area (Å²) in [5.74, 6) is 0. The Balaban J connectivity index is 2.94. The first kappa shape index (κ1) is 16.3. The van der Waals surface area contributed by atoms with E-state index in [0.29, 0.717) is 6.42 Å². The van der Waals surface area contributed by atoms with Gasteiger partial charge in [-0.3, -0.25) is 0 Å². The van der Waals surface area contributed by atoms with Crippen molar-refractivity contribution in [1.29, 1.82) is 0 Å². The normalized spacial score (nSPS) is 13.6. The molecule has 0 aliphatic rings. The Morgan fingerprint density at radius 1 is 1.26 bits per heavy atom. The summed E-state index contributed by atoms with van der Waals surface area (Å²) in [6.45, 7) is 11.0. The quantitative estimate of drug-likeness (QED) is 0.652. The van der Waals surface area contributed by atoms with Crippen LogP contribution in [-0.2, 0) is 10.8 Å². The maximum Gasteiger partial charge on any atom is 0.171 e. The predicted octanol–water partition coefficient (Wildman–Crippen LogP) is 4.20. The van der Waals surface area contributed by atoms with Crippen LogP contribution in [0.15, 0.2) is 24.3 Å². The first-order chi connectivity index (χ1) is 8.70. The first-order valence-corrected chi connectivity index (χ1v) is 9.85. The number of hydrogen-bond acceptors (Lipinski definition) is 2. The lowest BCUT2D eigenvalue weighted by Crippen LogP contribution is -2.25. The minimum Gasteiger partial charge on any atom is -0.502 e. The van der Waals surface area contributed by atoms with Gasteiger partial charge >= 0.3 is 0 Å². The summed E-state index contributed by atoms with van der Waals surface area (Å²) in [6, 6.07) is 8.20. The van der Waals surface area contributed by atoms with Crippen LogP contribution in [0.1, 0.15) is 38.0 Å². The third-order valence-corrected chi connectivity index (χ3v) is 3.79. The molecule has 1 aromatic rings. The molecule has 0 heterocycles. The highest BCUT2D eigenvalue weighted by atomic mass is 32.1. The molecule has 0 amide bonds. The lowest BCUT2D eigenvalue weighted by Gasteiger charge is -2.33. The minimum absolute atomic E-state index is 0.0333. The predicted molar refractivity (Wildman–Crippen MR) is 87.5 cm³/mol. The summed E-state index contributed by atoms with van der Waals surface area (Å²) in [6.07, 6.45) is 0.560. The van der Waals surface area contributed by atoms with Gasteiger partial charge in [0.15, 0.2) is 14.1 Å². The molecule has 0 aromatic heterocycles. The maximum atomic E-state index is 9.14. The van der Waals surface area contributed by atoms with Crippen LogP contribution < -0.4 is 0 Å². The third kappa shape index (κ3) is 5.43. The fourth-order valence-electron chi connectivity index (χ4n) is 2.04. The molecule has 1 aromatic carbocycles. The molecule has 19 heavy (non-hydrogen) atoms. The van der Waals surface area contributed by atoms with Crippen molar-refractivity contribution in [2.75, 3.05) is 0 Å². The molecule has 1 rings (SSSR count). The van der Waals surface area contributed by atoms with E-state index in [0.717, 1.165) is 5.56 Å². The van der Waals surface area contributed by atoms with Crippen molar-refractivity contribution in [3.05, 3.63) is 35.4 Å². The zero-order valence-corrected chi connectivity index (χ0v) is 14.4. The van der Waals surface area contributed by atoms with Gasteiger partial charge in [0.1, 0.15) is 0 Å². The number of hydrogen-bond donors (Lipinski definition) is 1. The summed E-state index contributed by atoms with van der Waals surface area (Å²) in [5.41, 5.74) is 2.30. The summed E-state index contributed by atoms with van der Waals surface area (Å²) in [5, 5.41) is 9.18. The molecule has 0 saturated carbocycles. The van der Waals surface area contributed by atoms with Crippen molar-refractivity contribution in [3.8, 4) is 0 Å². The average Bonchev–Trinajstić information content (AvgIpc) is 2.25. The van der Waals surface area contributed by atoms with Gasteiger partial charge < -0.3 is 9.53 Å². The van der Waals surface area contributed by atoms with Gasteiger partial charge in [-0.1, -0.05) is 45.0 Å². The van der Waals surface area contributed by atoms with E-state index >= 15 is 0 Å². The van der Waals surface area contributed by atoms with Gasteiger partial charge in [0.25, 0.3) is 0 Å². The van der Waals surface area contributed by atoms with Gasteiger partial charge in [0.05, 0.1) is 6.10 Å². The average molecular weight is 297 g/mol. The fraction of sp³-hybridized carbons (Fsp3) is 0.533. The van der Waals surface area contributed by atoms with E-state index in [4.69, 9.17) is 21.8 Å². The lowest BCUT2D eigenvalue weighted by atomic mass is 9.84. The van der Waals surface area contributed by atoms with Crippen molar-refractivity contribution >= 4 is 26.3 Å². The van der Waals surface area contributed by atoms with E-state index < -0.39 is 9.04 Å². The molecule has 1 N–H and O–H groups in total. The molecule has 4 heteroatoms. The molecule has 0 aliphatic heterocycles. The van der Waals surface area contributed by atoms with Gasteiger partial charge in [-0.25, -0.2) is 0 Å². The largest absolute Gasteiger partial charge is 0.502 e. The molecule has 1 atom stereocenters. The van der Waals surface area contributed by atoms with Crippen LogP contribution >= 0.6 is 12.2 Å². The number of benzene rings is 1. The summed E-state index contributed by atoms with van der Waals surface area (Å²) < 4.78 is 6.19. The Morgan fingerprint density at radius 3 is 2.16 bits per heavy atom. The number of aliphatic hydroxyl groups is 1. The Hall–Kier alpha value is -0.713. The van der Waals surface area contributed by atoms with E-state index in [1.54, 1.807) is 0 Å². The zero-order chi connectivity index (χ0) is 14.6. The molecule has 1 unspecified atom stereocenters. The van der Waals surface area contributed by atoms with E-state index in [9.17, 15) is 0 Å². The van der Waals surface area contributed by atoms with Gasteiger partial charge in [-0.15, -0.1) is 0 Å². The van der Waals surface area contributed by atoms with E-state index in [1.807, 2.05) is 12.1 Å². The summed E-state index contributed by atoms with van der Waals surface area (Å²) in [7, 11) is -1.09. The highest BCUT2D eigenvalue weighted by Crippen LogP contribution is 2.36. The smallest absolute Gasteiger partial charge is 0.171 e. The van der Waals surface area contributed by atoms with E-state index in [1.165, 1.54) is 5.56 Å². The molecule has 2 nitrogen and oxygen atoms in total. The van der Waals surface area contributed by atoms with Gasteiger partial charge in [0, 0.05) is 6.42 Å². The second kappa shape index (κ2) is 6.64. The molecule has 0 spiro atoms. The maximum absolute atomic E-state index is 9.14. The highest BCUT2D eigenvalue weighted by molar-refractivity contribution is 7.80. The number of thiocarbonyl (C=S) groups is 1. The summed E-state index contributed by atoms with van der Waals surface area (Å²) in [4.78, 5) is 0. The van der Waals surface area contributed by atoms with Crippen LogP contribution in [0.5, 0.6) is 0 Å². The molecular formula is C15H24O2SSi. The van der Waals surface area contributed by atoms with E-state index in [2.05, 4.69) is 46.0 Å². The van der Waals surface area contributed by atoms with Gasteiger partial charge in [-0.2, -0.15) is 0 Å². The lowest BCUT2D eigenvalue weighted by molar-refractivity contribution is 0.0866. The Labute approximate surface area is 123 Å². The molecular weight excluding hydrogens is 272 g/mol. The number of rotatable bonds is 5. The Kier molecular flexibility index (Phi) is 5.71. The van der Waals surface area contributed by atoms with E-state index in [-0.39, 0.29) is 16.6 Å². The highest BCUT2D eigenvalue weighted by Gasteiger charge is 2.27. The standard InChI is InChI=1S/C15H24O2SSi/c1-15(2,3)14(17-19(4)5)12-8-6-11(7-9-12)10-13(16)18/h6-9,14,19H,10H2,1-5H3,(H,16,18). The minimum atomic E-state index is -1.09. The fourth-order valence-corrected chi connectivity index (χ4v) is 3.32. The molecule has 0 saturated heterocycles. The molecule has 0 radical (unpaired) electrons. The zero-order valence-electron chi connectivity index (χ0n) is 12.4. The molecule has 106 valence electrons. The van der Waals surface area contributed by atoms with Crippen molar-refractivity contribution in [2.45, 2.75) is 46.4 Å². The van der Waals surface area contributed by atoms with Crippen LogP contribution in [0.4, 0.5) is 0 Å². The Morgan fingerprint density at radius 2 is 1.79 bits per heavy atom. The monoisotopic (exact) mass is 296 g/mol. The second-order valence-corrected chi connectivity index (χ2v) is 9.08. The SMILES string of the molecule is C[SiH](C)OC(c1ccc(CC(O)=S)cc1)C(C)(C)C. The van der Waals surface area contributed by atoms with Crippen LogP contribution in [0.25, 0.3) is 0 Å². The van der Waals surface area contributed by atoms with Crippen molar-refractivity contribution in [3.63, 3.8) is 0 Å². The van der Waals surface area contributed by atoms with Crippen molar-refractivity contribution < 1.29 is 9.53 Å². The van der Waals surface area contributed by atoms with Crippen LogP contribution in [-0.4, -0.2) is 19.2 Å². The topological polar surface area (TPSA) is 29.5 Å². The Bertz CT molecular complexity index is 421. The summed E-state index contributed by atoms with van der Waals surface area (Å²) >= 11 is 4.71. The third-order valence-electron chi connectivity index (χ3n) is 2.83. The van der Waals surface area contributed by atoms with Gasteiger partial charge in [-0.05, 0) is 41.9 Å². The molecule has 0 aliphatic carbocycles. The molecule has 0 bridgehead atoms. The van der Waals surface area contributed by atoms with Crippen molar-refractivity contribution in [1.82, 2.24) is 0 Å². The van der Waals surface area contributed by atoms with Crippen LogP contribution in [0.3, 0.4) is 0 Å². The second-order valence-electron chi connectivity index (χ2n) is 6.24. The van der Waals surface area contributed by atoms with Crippen LogP contribution in [0.2, 0.25) is 13.1 Å². The van der Waals surface area contributed by atoms with Gasteiger partial charge in [0.2, 0.25) is 0 Å².